The Morgan fingerprint density at radius 2 is 1.25 bits per heavy atom. The monoisotopic (exact) mass is 534 g/mol. The first kappa shape index (κ1) is 35.7. The molecule has 0 aliphatic rings. The van der Waals surface area contributed by atoms with Gasteiger partial charge in [-0.15, -0.1) is 0 Å². The Bertz CT molecular complexity index is 564. The van der Waals surface area contributed by atoms with Crippen LogP contribution in [0.15, 0.2) is 0 Å². The molecule has 0 aromatic heterocycles. The van der Waals surface area contributed by atoms with Crippen LogP contribution in [0.25, 0.3) is 0 Å². The molecule has 0 saturated carbocycles. The summed E-state index contributed by atoms with van der Waals surface area (Å²) in [6.45, 7) is 5.43. The van der Waals surface area contributed by atoms with Gasteiger partial charge in [-0.2, -0.15) is 0 Å². The van der Waals surface area contributed by atoms with Crippen molar-refractivity contribution < 1.29 is 27.8 Å². The van der Waals surface area contributed by atoms with Crippen LogP contribution in [0, 0.1) is 5.92 Å². The summed E-state index contributed by atoms with van der Waals surface area (Å²) in [4.78, 5) is 22.3. The first-order valence-electron chi connectivity index (χ1n) is 15.0. The predicted octanol–water partition coefficient (Wildman–Crippen LogP) is 8.46. The highest BCUT2D eigenvalue weighted by atomic mass is 31.2. The van der Waals surface area contributed by atoms with E-state index in [0.717, 1.165) is 36.7 Å². The van der Waals surface area contributed by atoms with E-state index in [1.165, 1.54) is 77.0 Å². The Kier molecular flexibility index (Phi) is 22.5. The van der Waals surface area contributed by atoms with E-state index < -0.39 is 7.82 Å². The topological polar surface area (TPSA) is 72.8 Å². The third-order valence-corrected chi connectivity index (χ3v) is 7.70. The van der Waals surface area contributed by atoms with Crippen LogP contribution in [0.5, 0.6) is 0 Å². The second kappa shape index (κ2) is 22.7. The van der Waals surface area contributed by atoms with Crippen molar-refractivity contribution in [2.24, 2.45) is 5.92 Å². The molecule has 0 saturated heterocycles. The number of hydrogen-bond donors (Lipinski definition) is 1. The van der Waals surface area contributed by atoms with Crippen LogP contribution in [0.3, 0.4) is 0 Å². The maximum Gasteiger partial charge on any atom is 0.472 e. The highest BCUT2D eigenvalue weighted by Gasteiger charge is 2.24. The second-order valence-electron chi connectivity index (χ2n) is 11.7. The first-order chi connectivity index (χ1) is 17.1. The summed E-state index contributed by atoms with van der Waals surface area (Å²) < 4.78 is 23.5. The molecule has 0 bridgehead atoms. The van der Waals surface area contributed by atoms with E-state index in [9.17, 15) is 14.3 Å². The Morgan fingerprint density at radius 3 is 1.72 bits per heavy atom. The lowest BCUT2D eigenvalue weighted by Crippen LogP contribution is -2.35. The van der Waals surface area contributed by atoms with Gasteiger partial charge in [0.1, 0.15) is 5.78 Å². The summed E-state index contributed by atoms with van der Waals surface area (Å²) in [6, 6.07) is 0. The zero-order valence-electron chi connectivity index (χ0n) is 24.6. The number of phosphoric ester groups is 1. The summed E-state index contributed by atoms with van der Waals surface area (Å²) >= 11 is 0. The zero-order valence-corrected chi connectivity index (χ0v) is 25.5. The van der Waals surface area contributed by atoms with Gasteiger partial charge in [0.2, 0.25) is 0 Å². The minimum atomic E-state index is -4.08. The highest BCUT2D eigenvalue weighted by Crippen LogP contribution is 2.44. The smallest absolute Gasteiger partial charge is 0.331 e. The number of quaternary nitrogens is 1. The quantitative estimate of drug-likeness (QED) is 0.0650. The standard InChI is InChI=1S/C29H60NO5P/c1-6-8-9-10-11-12-13-14-15-16-17-18-19-20-23-28(26-29(31)22-7-2)27-35-36(32,33)34-25-21-24-30(3,4)5/h28H,6-27H2,1-5H3/p+1. The van der Waals surface area contributed by atoms with Gasteiger partial charge in [0, 0.05) is 19.3 Å². The van der Waals surface area contributed by atoms with E-state index in [2.05, 4.69) is 28.1 Å². The largest absolute Gasteiger partial charge is 0.472 e. The molecule has 0 spiro atoms. The average Bonchev–Trinajstić information content (AvgIpc) is 2.80. The Labute approximate surface area is 224 Å². The van der Waals surface area contributed by atoms with E-state index in [0.29, 0.717) is 19.3 Å². The van der Waals surface area contributed by atoms with Crippen molar-refractivity contribution in [1.82, 2.24) is 0 Å². The normalized spacial score (nSPS) is 14.6. The molecule has 7 heteroatoms. The molecule has 0 amide bonds. The highest BCUT2D eigenvalue weighted by molar-refractivity contribution is 7.47. The summed E-state index contributed by atoms with van der Waals surface area (Å²) in [6.07, 6.45) is 21.8. The number of nitrogens with zero attached hydrogens (tertiary/aromatic N) is 1. The number of hydrogen-bond acceptors (Lipinski definition) is 4. The number of carbonyl (C=O) groups excluding carboxylic acids is 1. The summed E-state index contributed by atoms with van der Waals surface area (Å²) in [7, 11) is 2.14. The average molecular weight is 535 g/mol. The van der Waals surface area contributed by atoms with Gasteiger partial charge in [0.15, 0.2) is 0 Å². The molecule has 0 fully saturated rings. The number of rotatable bonds is 27. The van der Waals surface area contributed by atoms with Crippen molar-refractivity contribution in [2.75, 3.05) is 40.9 Å². The molecule has 0 heterocycles. The fraction of sp³-hybridized carbons (Fsp3) is 0.966. The van der Waals surface area contributed by atoms with E-state index in [1.54, 1.807) is 0 Å². The van der Waals surface area contributed by atoms with Crippen LogP contribution in [-0.2, 0) is 18.4 Å². The van der Waals surface area contributed by atoms with Crippen molar-refractivity contribution in [3.05, 3.63) is 0 Å². The number of carbonyl (C=O) groups is 1. The maximum absolute atomic E-state index is 12.3. The minimum absolute atomic E-state index is 0.0170. The summed E-state index contributed by atoms with van der Waals surface area (Å²) in [5.74, 6) is 0.199. The third-order valence-electron chi connectivity index (χ3n) is 6.71. The maximum atomic E-state index is 12.3. The van der Waals surface area contributed by atoms with Crippen LogP contribution in [0.2, 0.25) is 0 Å². The van der Waals surface area contributed by atoms with E-state index in [1.807, 2.05) is 6.92 Å². The molecule has 0 rings (SSSR count). The lowest BCUT2D eigenvalue weighted by atomic mass is 9.94. The van der Waals surface area contributed by atoms with Crippen molar-refractivity contribution in [3.8, 4) is 0 Å². The van der Waals surface area contributed by atoms with E-state index in [-0.39, 0.29) is 24.9 Å². The molecule has 0 aliphatic carbocycles. The Balaban J connectivity index is 4.05. The van der Waals surface area contributed by atoms with Gasteiger partial charge in [0.25, 0.3) is 0 Å². The molecule has 216 valence electrons. The molecule has 0 aromatic rings. The minimum Gasteiger partial charge on any atom is -0.331 e. The van der Waals surface area contributed by atoms with Gasteiger partial charge >= 0.3 is 7.82 Å². The first-order valence-corrected chi connectivity index (χ1v) is 16.5. The number of unbranched alkanes of at least 4 members (excludes halogenated alkanes) is 13. The van der Waals surface area contributed by atoms with Gasteiger partial charge in [0.05, 0.1) is 40.9 Å². The molecule has 2 unspecified atom stereocenters. The second-order valence-corrected chi connectivity index (χ2v) is 13.2. The summed E-state index contributed by atoms with van der Waals surface area (Å²) in [5, 5.41) is 0. The van der Waals surface area contributed by atoms with Crippen LogP contribution < -0.4 is 0 Å². The van der Waals surface area contributed by atoms with Crippen LogP contribution in [0.1, 0.15) is 136 Å². The fourth-order valence-electron chi connectivity index (χ4n) is 4.53. The van der Waals surface area contributed by atoms with Crippen LogP contribution in [0.4, 0.5) is 0 Å². The van der Waals surface area contributed by atoms with Gasteiger partial charge in [-0.25, -0.2) is 4.57 Å². The van der Waals surface area contributed by atoms with Crippen LogP contribution >= 0.6 is 7.82 Å². The van der Waals surface area contributed by atoms with Crippen molar-refractivity contribution >= 4 is 13.6 Å². The van der Waals surface area contributed by atoms with E-state index >= 15 is 0 Å². The molecule has 1 N–H and O–H groups in total. The number of ketones is 1. The van der Waals surface area contributed by atoms with Gasteiger partial charge in [-0.3, -0.25) is 13.8 Å². The molecule has 36 heavy (non-hydrogen) atoms. The van der Waals surface area contributed by atoms with E-state index in [4.69, 9.17) is 9.05 Å². The molecule has 0 aliphatic heterocycles. The molecule has 0 aromatic carbocycles. The van der Waals surface area contributed by atoms with Crippen molar-refractivity contribution in [2.45, 2.75) is 136 Å². The number of Topliss-reactive ketones (excluding diaryl/α,β-unsaturated/α-hetero) is 1. The van der Waals surface area contributed by atoms with Crippen molar-refractivity contribution in [1.29, 1.82) is 0 Å². The zero-order chi connectivity index (χ0) is 27.1. The lowest BCUT2D eigenvalue weighted by molar-refractivity contribution is -0.870. The lowest BCUT2D eigenvalue weighted by Gasteiger charge is -2.24. The third kappa shape index (κ3) is 25.4. The SMILES string of the molecule is CCCCCCCCCCCCCCCCC(COP(=O)(O)OCCC[N+](C)(C)C)CC(=O)CCC. The van der Waals surface area contributed by atoms with Crippen LogP contribution in [-0.4, -0.2) is 56.1 Å². The summed E-state index contributed by atoms with van der Waals surface area (Å²) in [5.41, 5.74) is 0. The van der Waals surface area contributed by atoms with Gasteiger partial charge in [-0.1, -0.05) is 104 Å². The molecular weight excluding hydrogens is 473 g/mol. The fourth-order valence-corrected chi connectivity index (χ4v) is 5.36. The predicted molar refractivity (Wildman–Crippen MR) is 152 cm³/mol. The molecule has 6 nitrogen and oxygen atoms in total. The van der Waals surface area contributed by atoms with Gasteiger partial charge < -0.3 is 9.38 Å². The Morgan fingerprint density at radius 1 is 0.750 bits per heavy atom. The number of phosphoric acid groups is 1. The molecular formula is C29H61NO5P+. The van der Waals surface area contributed by atoms with Gasteiger partial charge in [-0.05, 0) is 18.8 Å². The van der Waals surface area contributed by atoms with Crippen molar-refractivity contribution in [3.63, 3.8) is 0 Å². The molecule has 0 radical (unpaired) electrons. The molecule has 2 atom stereocenters. The Hall–Kier alpha value is -0.260.